The highest BCUT2D eigenvalue weighted by atomic mass is 32.2. The van der Waals surface area contributed by atoms with Gasteiger partial charge in [0.05, 0.1) is 4.90 Å². The maximum Gasteiger partial charge on any atom is 0.501 e. The number of aromatic nitrogens is 2. The molecule has 1 aliphatic rings. The average molecular weight is 348 g/mol. The second-order valence-electron chi connectivity index (χ2n) is 4.87. The second-order valence-corrected chi connectivity index (χ2v) is 7.85. The molecule has 0 unspecified atom stereocenters. The molecule has 2 aromatic rings. The number of halogens is 3. The van der Waals surface area contributed by atoms with E-state index in [-0.39, 0.29) is 0 Å². The van der Waals surface area contributed by atoms with Crippen molar-refractivity contribution in [1.82, 2.24) is 9.55 Å². The van der Waals surface area contributed by atoms with E-state index in [1.165, 1.54) is 23.9 Å². The Morgan fingerprint density at radius 3 is 2.36 bits per heavy atom. The Labute approximate surface area is 129 Å². The summed E-state index contributed by atoms with van der Waals surface area (Å²) in [5.74, 6) is 0. The minimum atomic E-state index is -5.30. The first-order valence-corrected chi connectivity index (χ1v) is 8.71. The summed E-state index contributed by atoms with van der Waals surface area (Å²) in [4.78, 5) is 4.09. The molecule has 0 atom stereocenters. The van der Waals surface area contributed by atoms with Crippen LogP contribution in [0.4, 0.5) is 13.2 Å². The van der Waals surface area contributed by atoms with E-state index in [0.29, 0.717) is 10.9 Å². The van der Waals surface area contributed by atoms with Gasteiger partial charge in [-0.25, -0.2) is 13.4 Å². The zero-order valence-corrected chi connectivity index (χ0v) is 12.7. The lowest BCUT2D eigenvalue weighted by atomic mass is 10.4. The van der Waals surface area contributed by atoms with Crippen LogP contribution in [0.5, 0.6) is 0 Å². The van der Waals surface area contributed by atoms with Gasteiger partial charge >= 0.3 is 5.51 Å². The molecule has 1 aliphatic carbocycles. The van der Waals surface area contributed by atoms with E-state index in [1.54, 1.807) is 6.20 Å². The monoisotopic (exact) mass is 348 g/mol. The van der Waals surface area contributed by atoms with Crippen LogP contribution in [0.3, 0.4) is 0 Å². The van der Waals surface area contributed by atoms with Crippen LogP contribution in [-0.4, -0.2) is 23.5 Å². The molecule has 0 radical (unpaired) electrons. The van der Waals surface area contributed by atoms with E-state index in [9.17, 15) is 21.6 Å². The summed E-state index contributed by atoms with van der Waals surface area (Å²) in [5, 5.41) is 0.744. The smallest absolute Gasteiger partial charge is 0.323 e. The van der Waals surface area contributed by atoms with Crippen molar-refractivity contribution in [2.45, 2.75) is 39.3 Å². The molecule has 1 saturated carbocycles. The fourth-order valence-corrected chi connectivity index (χ4v) is 3.61. The first kappa shape index (κ1) is 15.4. The van der Waals surface area contributed by atoms with Crippen molar-refractivity contribution in [2.75, 3.05) is 0 Å². The molecular formula is C13H11F3N2O2S2. The Morgan fingerprint density at radius 2 is 1.82 bits per heavy atom. The molecule has 1 aromatic heterocycles. The molecule has 4 nitrogen and oxygen atoms in total. The van der Waals surface area contributed by atoms with E-state index < -0.39 is 20.2 Å². The topological polar surface area (TPSA) is 52.0 Å². The normalized spacial score (nSPS) is 16.0. The first-order valence-electron chi connectivity index (χ1n) is 6.41. The van der Waals surface area contributed by atoms with Gasteiger partial charge in [0.1, 0.15) is 0 Å². The van der Waals surface area contributed by atoms with Crippen molar-refractivity contribution >= 4 is 21.6 Å². The highest BCUT2D eigenvalue weighted by molar-refractivity contribution is 7.99. The van der Waals surface area contributed by atoms with Crippen LogP contribution in [-0.2, 0) is 9.84 Å². The fourth-order valence-electron chi connectivity index (χ4n) is 1.93. The molecule has 22 heavy (non-hydrogen) atoms. The largest absolute Gasteiger partial charge is 0.501 e. The zero-order chi connectivity index (χ0) is 16.0. The highest BCUT2D eigenvalue weighted by Gasteiger charge is 2.46. The van der Waals surface area contributed by atoms with Crippen LogP contribution < -0.4 is 0 Å². The average Bonchev–Trinajstić information content (AvgIpc) is 3.19. The van der Waals surface area contributed by atoms with Gasteiger partial charge in [-0.2, -0.15) is 13.2 Å². The van der Waals surface area contributed by atoms with Crippen LogP contribution in [0.2, 0.25) is 0 Å². The number of alkyl halides is 3. The molecule has 3 rings (SSSR count). The molecule has 0 N–H and O–H groups in total. The van der Waals surface area contributed by atoms with Gasteiger partial charge in [-0.1, -0.05) is 11.8 Å². The lowest BCUT2D eigenvalue weighted by molar-refractivity contribution is -0.0436. The highest BCUT2D eigenvalue weighted by Crippen LogP contribution is 2.39. The molecule has 0 saturated heterocycles. The molecule has 0 amide bonds. The molecule has 0 spiro atoms. The molecule has 1 fully saturated rings. The van der Waals surface area contributed by atoms with E-state index >= 15 is 0 Å². The number of hydrogen-bond acceptors (Lipinski definition) is 4. The van der Waals surface area contributed by atoms with Gasteiger partial charge in [0, 0.05) is 23.3 Å². The summed E-state index contributed by atoms with van der Waals surface area (Å²) >= 11 is 1.29. The van der Waals surface area contributed by atoms with Crippen molar-refractivity contribution < 1.29 is 21.6 Å². The predicted molar refractivity (Wildman–Crippen MR) is 74.3 cm³/mol. The summed E-state index contributed by atoms with van der Waals surface area (Å²) in [7, 11) is -5.30. The SMILES string of the molecule is O=S(=O)(c1ccc(Sc2nccn2C2CC2)cc1)C(F)(F)F. The number of hydrogen-bond donors (Lipinski definition) is 0. The Morgan fingerprint density at radius 1 is 1.18 bits per heavy atom. The molecule has 9 heteroatoms. The lowest BCUT2D eigenvalue weighted by Crippen LogP contribution is -2.23. The molecular weight excluding hydrogens is 337 g/mol. The Kier molecular flexibility index (Phi) is 3.72. The predicted octanol–water partition coefficient (Wildman–Crippen LogP) is 3.66. The Hall–Kier alpha value is -1.48. The molecule has 1 aromatic carbocycles. The van der Waals surface area contributed by atoms with Gasteiger partial charge in [0.15, 0.2) is 5.16 Å². The third kappa shape index (κ3) is 2.87. The second kappa shape index (κ2) is 5.31. The lowest BCUT2D eigenvalue weighted by Gasteiger charge is -2.09. The Balaban J connectivity index is 1.81. The summed E-state index contributed by atoms with van der Waals surface area (Å²) in [5.41, 5.74) is -5.29. The van der Waals surface area contributed by atoms with Crippen LogP contribution in [0.25, 0.3) is 0 Å². The van der Waals surface area contributed by atoms with Crippen molar-refractivity contribution in [2.24, 2.45) is 0 Å². The molecule has 118 valence electrons. The van der Waals surface area contributed by atoms with Gasteiger partial charge in [-0.15, -0.1) is 0 Å². The van der Waals surface area contributed by atoms with Crippen molar-refractivity contribution in [3.63, 3.8) is 0 Å². The molecule has 0 bridgehead atoms. The first-order chi connectivity index (χ1) is 10.3. The van der Waals surface area contributed by atoms with E-state index in [2.05, 4.69) is 4.98 Å². The van der Waals surface area contributed by atoms with E-state index in [1.807, 2.05) is 10.8 Å². The number of sulfone groups is 1. The van der Waals surface area contributed by atoms with Crippen molar-refractivity contribution in [1.29, 1.82) is 0 Å². The summed E-state index contributed by atoms with van der Waals surface area (Å²) < 4.78 is 62.0. The van der Waals surface area contributed by atoms with Gasteiger partial charge < -0.3 is 4.57 Å². The summed E-state index contributed by atoms with van der Waals surface area (Å²) in [6.07, 6.45) is 5.71. The van der Waals surface area contributed by atoms with Crippen LogP contribution >= 0.6 is 11.8 Å². The standard InChI is InChI=1S/C13H11F3N2O2S2/c14-13(15,16)22(19,20)11-5-3-10(4-6-11)21-12-17-7-8-18(12)9-1-2-9/h3-9H,1-2H2. The number of imidazole rings is 1. The third-order valence-corrected chi connectivity index (χ3v) is 5.73. The maximum absolute atomic E-state index is 12.5. The minimum absolute atomic E-state index is 0.440. The van der Waals surface area contributed by atoms with Crippen LogP contribution in [0, 0.1) is 0 Å². The van der Waals surface area contributed by atoms with Crippen molar-refractivity contribution in [3.8, 4) is 0 Å². The summed E-state index contributed by atoms with van der Waals surface area (Å²) in [6.45, 7) is 0. The van der Waals surface area contributed by atoms with Crippen LogP contribution in [0.1, 0.15) is 18.9 Å². The van der Waals surface area contributed by atoms with E-state index in [0.717, 1.165) is 30.1 Å². The van der Waals surface area contributed by atoms with Gasteiger partial charge in [-0.3, -0.25) is 0 Å². The van der Waals surface area contributed by atoms with Crippen molar-refractivity contribution in [3.05, 3.63) is 36.7 Å². The van der Waals surface area contributed by atoms with Gasteiger partial charge in [0.25, 0.3) is 9.84 Å². The number of nitrogens with zero attached hydrogens (tertiary/aromatic N) is 2. The van der Waals surface area contributed by atoms with Gasteiger partial charge in [0.2, 0.25) is 0 Å². The number of benzene rings is 1. The van der Waals surface area contributed by atoms with Gasteiger partial charge in [-0.05, 0) is 37.1 Å². The fraction of sp³-hybridized carbons (Fsp3) is 0.308. The maximum atomic E-state index is 12.5. The number of rotatable bonds is 4. The molecule has 0 aliphatic heterocycles. The summed E-state index contributed by atoms with van der Waals surface area (Å²) in [6, 6.07) is 5.09. The molecule has 1 heterocycles. The van der Waals surface area contributed by atoms with Crippen LogP contribution in [0.15, 0.2) is 51.6 Å². The Bertz CT molecular complexity index is 778. The zero-order valence-electron chi connectivity index (χ0n) is 11.1. The minimum Gasteiger partial charge on any atom is -0.323 e. The third-order valence-electron chi connectivity index (χ3n) is 3.22. The van der Waals surface area contributed by atoms with E-state index in [4.69, 9.17) is 0 Å². The quantitative estimate of drug-likeness (QED) is 0.846.